The highest BCUT2D eigenvalue weighted by atomic mass is 35.5. The van der Waals surface area contributed by atoms with Gasteiger partial charge >= 0.3 is 0 Å². The summed E-state index contributed by atoms with van der Waals surface area (Å²) in [5.74, 6) is 0. The highest BCUT2D eigenvalue weighted by molar-refractivity contribution is 6.31. The van der Waals surface area contributed by atoms with E-state index in [4.69, 9.17) is 11.6 Å². The van der Waals surface area contributed by atoms with Gasteiger partial charge in [0.25, 0.3) is 0 Å². The number of rotatable bonds is 3. The van der Waals surface area contributed by atoms with Crippen molar-refractivity contribution in [2.75, 3.05) is 0 Å². The van der Waals surface area contributed by atoms with Crippen LogP contribution < -0.4 is 5.32 Å². The lowest BCUT2D eigenvalue weighted by atomic mass is 9.88. The minimum atomic E-state index is 0.541. The van der Waals surface area contributed by atoms with E-state index in [0.29, 0.717) is 6.04 Å². The Labute approximate surface area is 118 Å². The van der Waals surface area contributed by atoms with Crippen LogP contribution in [0.15, 0.2) is 42.7 Å². The lowest BCUT2D eigenvalue weighted by Crippen LogP contribution is -2.34. The molecular formula is C16H17ClN2. The number of aromatic nitrogens is 1. The fraction of sp³-hybridized carbons (Fsp3) is 0.312. The van der Waals surface area contributed by atoms with Crippen LogP contribution in [0.3, 0.4) is 0 Å². The van der Waals surface area contributed by atoms with Crippen molar-refractivity contribution in [1.29, 1.82) is 0 Å². The van der Waals surface area contributed by atoms with Crippen LogP contribution in [0.25, 0.3) is 0 Å². The fourth-order valence-electron chi connectivity index (χ4n) is 2.67. The first kappa shape index (κ1) is 12.6. The van der Waals surface area contributed by atoms with Crippen molar-refractivity contribution in [1.82, 2.24) is 10.3 Å². The van der Waals surface area contributed by atoms with Gasteiger partial charge in [0.15, 0.2) is 0 Å². The van der Waals surface area contributed by atoms with E-state index < -0.39 is 0 Å². The molecule has 0 saturated heterocycles. The molecule has 1 aromatic heterocycles. The number of hydrogen-bond acceptors (Lipinski definition) is 2. The number of pyridine rings is 1. The zero-order valence-corrected chi connectivity index (χ0v) is 11.5. The number of halogens is 1. The molecule has 1 unspecified atom stereocenters. The van der Waals surface area contributed by atoms with Gasteiger partial charge in [-0.1, -0.05) is 35.9 Å². The van der Waals surface area contributed by atoms with Crippen LogP contribution in [-0.4, -0.2) is 11.0 Å². The molecule has 0 spiro atoms. The van der Waals surface area contributed by atoms with Gasteiger partial charge in [0.2, 0.25) is 0 Å². The van der Waals surface area contributed by atoms with E-state index in [1.165, 1.54) is 17.5 Å². The molecule has 1 N–H and O–H groups in total. The van der Waals surface area contributed by atoms with E-state index in [9.17, 15) is 0 Å². The molecule has 98 valence electrons. The molecule has 0 bridgehead atoms. The normalized spacial score (nSPS) is 18.1. The zero-order chi connectivity index (χ0) is 13.1. The van der Waals surface area contributed by atoms with E-state index in [-0.39, 0.29) is 0 Å². The van der Waals surface area contributed by atoms with Crippen LogP contribution in [0.1, 0.15) is 23.1 Å². The van der Waals surface area contributed by atoms with Crippen LogP contribution in [0.5, 0.6) is 0 Å². The van der Waals surface area contributed by atoms with Crippen molar-refractivity contribution in [3.8, 4) is 0 Å². The first-order chi connectivity index (χ1) is 9.33. The van der Waals surface area contributed by atoms with E-state index in [1.54, 1.807) is 12.4 Å². The second kappa shape index (κ2) is 5.72. The number of nitrogens with one attached hydrogen (secondary N) is 1. The van der Waals surface area contributed by atoms with E-state index in [2.05, 4.69) is 34.6 Å². The Morgan fingerprint density at radius 3 is 2.89 bits per heavy atom. The van der Waals surface area contributed by atoms with Crippen molar-refractivity contribution >= 4 is 11.6 Å². The highest BCUT2D eigenvalue weighted by Gasteiger charge is 2.17. The van der Waals surface area contributed by atoms with E-state index in [1.807, 2.05) is 6.07 Å². The van der Waals surface area contributed by atoms with Crippen LogP contribution in [0.2, 0.25) is 5.02 Å². The molecule has 1 aliphatic carbocycles. The summed E-state index contributed by atoms with van der Waals surface area (Å²) in [6.45, 7) is 0.814. The fourth-order valence-corrected chi connectivity index (χ4v) is 2.86. The Morgan fingerprint density at radius 2 is 2.05 bits per heavy atom. The standard InChI is InChI=1S/C16H17ClN2/c17-16-11-18-8-7-14(16)10-19-15-6-5-12-3-1-2-4-13(12)9-15/h1-4,7-8,11,15,19H,5-6,9-10H2. The Hall–Kier alpha value is -1.38. The minimum absolute atomic E-state index is 0.541. The molecule has 3 rings (SSSR count). The highest BCUT2D eigenvalue weighted by Crippen LogP contribution is 2.21. The first-order valence-electron chi connectivity index (χ1n) is 6.71. The number of aryl methyl sites for hydroxylation is 1. The quantitative estimate of drug-likeness (QED) is 0.927. The lowest BCUT2D eigenvalue weighted by Gasteiger charge is -2.25. The van der Waals surface area contributed by atoms with Crippen molar-refractivity contribution in [3.63, 3.8) is 0 Å². The Balaban J connectivity index is 1.62. The second-order valence-corrected chi connectivity index (χ2v) is 5.46. The molecule has 2 aromatic rings. The third-order valence-electron chi connectivity index (χ3n) is 3.78. The molecule has 1 heterocycles. The summed E-state index contributed by atoms with van der Waals surface area (Å²) in [7, 11) is 0. The molecule has 1 aliphatic rings. The molecule has 0 fully saturated rings. The summed E-state index contributed by atoms with van der Waals surface area (Å²) < 4.78 is 0. The molecule has 0 radical (unpaired) electrons. The van der Waals surface area contributed by atoms with Crippen molar-refractivity contribution in [2.45, 2.75) is 31.8 Å². The summed E-state index contributed by atoms with van der Waals surface area (Å²) in [6, 6.07) is 11.3. The van der Waals surface area contributed by atoms with Crippen LogP contribution >= 0.6 is 11.6 Å². The van der Waals surface area contributed by atoms with Crippen LogP contribution in [0.4, 0.5) is 0 Å². The predicted molar refractivity (Wildman–Crippen MR) is 78.3 cm³/mol. The van der Waals surface area contributed by atoms with Gasteiger partial charge in [-0.2, -0.15) is 0 Å². The summed E-state index contributed by atoms with van der Waals surface area (Å²) in [5.41, 5.74) is 4.10. The lowest BCUT2D eigenvalue weighted by molar-refractivity contribution is 0.457. The van der Waals surface area contributed by atoms with Crippen molar-refractivity contribution in [3.05, 3.63) is 64.4 Å². The number of nitrogens with zero attached hydrogens (tertiary/aromatic N) is 1. The van der Waals surface area contributed by atoms with Gasteiger partial charge in [-0.3, -0.25) is 4.98 Å². The van der Waals surface area contributed by atoms with Crippen molar-refractivity contribution in [2.24, 2.45) is 0 Å². The molecule has 1 atom stereocenters. The third kappa shape index (κ3) is 2.96. The monoisotopic (exact) mass is 272 g/mol. The molecule has 1 aromatic carbocycles. The number of hydrogen-bond donors (Lipinski definition) is 1. The maximum atomic E-state index is 6.12. The van der Waals surface area contributed by atoms with Gasteiger partial charge in [-0.15, -0.1) is 0 Å². The number of benzene rings is 1. The zero-order valence-electron chi connectivity index (χ0n) is 10.8. The predicted octanol–water partition coefficient (Wildman–Crippen LogP) is 3.38. The number of fused-ring (bicyclic) bond motifs is 1. The SMILES string of the molecule is Clc1cnccc1CNC1CCc2ccccc2C1. The van der Waals surface area contributed by atoms with Crippen LogP contribution in [-0.2, 0) is 19.4 Å². The first-order valence-corrected chi connectivity index (χ1v) is 7.09. The Bertz CT molecular complexity index is 568. The topological polar surface area (TPSA) is 24.9 Å². The van der Waals surface area contributed by atoms with Gasteiger partial charge in [0.1, 0.15) is 0 Å². The molecule has 0 aliphatic heterocycles. The van der Waals surface area contributed by atoms with Gasteiger partial charge in [-0.05, 0) is 42.0 Å². The van der Waals surface area contributed by atoms with Gasteiger partial charge in [-0.25, -0.2) is 0 Å². The molecule has 2 nitrogen and oxygen atoms in total. The summed E-state index contributed by atoms with van der Waals surface area (Å²) in [6.07, 6.45) is 6.96. The van der Waals surface area contributed by atoms with E-state index >= 15 is 0 Å². The average molecular weight is 273 g/mol. The Kier molecular flexibility index (Phi) is 3.81. The van der Waals surface area contributed by atoms with E-state index in [0.717, 1.165) is 30.0 Å². The largest absolute Gasteiger partial charge is 0.310 e. The van der Waals surface area contributed by atoms with Gasteiger partial charge in [0.05, 0.1) is 5.02 Å². The maximum absolute atomic E-state index is 6.12. The smallest absolute Gasteiger partial charge is 0.0634 e. The minimum Gasteiger partial charge on any atom is -0.310 e. The molecule has 3 heteroatoms. The van der Waals surface area contributed by atoms with Crippen LogP contribution in [0, 0.1) is 0 Å². The summed E-state index contributed by atoms with van der Waals surface area (Å²) in [5, 5.41) is 4.35. The summed E-state index contributed by atoms with van der Waals surface area (Å²) in [4.78, 5) is 4.01. The Morgan fingerprint density at radius 1 is 1.21 bits per heavy atom. The average Bonchev–Trinajstić information content (AvgIpc) is 2.46. The van der Waals surface area contributed by atoms with Gasteiger partial charge < -0.3 is 5.32 Å². The molecule has 19 heavy (non-hydrogen) atoms. The summed E-state index contributed by atoms with van der Waals surface area (Å²) >= 11 is 6.12. The van der Waals surface area contributed by atoms with Gasteiger partial charge in [0, 0.05) is 25.0 Å². The molecule has 0 amide bonds. The molecule has 0 saturated carbocycles. The van der Waals surface area contributed by atoms with Crippen molar-refractivity contribution < 1.29 is 0 Å². The molecular weight excluding hydrogens is 256 g/mol. The second-order valence-electron chi connectivity index (χ2n) is 5.06. The third-order valence-corrected chi connectivity index (χ3v) is 4.12. The maximum Gasteiger partial charge on any atom is 0.0634 e.